The Morgan fingerprint density at radius 2 is 1.74 bits per heavy atom. The van der Waals surface area contributed by atoms with Crippen LogP contribution in [0.1, 0.15) is 92.9 Å². The van der Waals surface area contributed by atoms with Gasteiger partial charge in [0.25, 0.3) is 0 Å². The molecule has 2 saturated carbocycles. The standard InChI is InChI=1S/C33H39F/c1-3-5-7-9-26-14-19-32-24-31(21-20-30(32)22-26)28-15-10-25(11-16-28)12-17-29-18-13-27(8-6-4-2)23-33(29)34/h3-5,10-11,13,15-16,18,23,26,30-32H,2,6-9,14,19-22,24H2,1H3/b5-3+. The van der Waals surface area contributed by atoms with Gasteiger partial charge in [0.15, 0.2) is 0 Å². The van der Waals surface area contributed by atoms with Gasteiger partial charge in [0, 0.05) is 5.56 Å². The summed E-state index contributed by atoms with van der Waals surface area (Å²) in [5.41, 5.74) is 3.86. The zero-order valence-corrected chi connectivity index (χ0v) is 20.7. The van der Waals surface area contributed by atoms with E-state index in [4.69, 9.17) is 0 Å². The molecule has 2 fully saturated rings. The van der Waals surface area contributed by atoms with E-state index in [0.29, 0.717) is 11.5 Å². The summed E-state index contributed by atoms with van der Waals surface area (Å²) in [5.74, 6) is 9.43. The Kier molecular flexibility index (Phi) is 8.81. The fourth-order valence-corrected chi connectivity index (χ4v) is 6.11. The molecule has 0 N–H and O–H groups in total. The average molecular weight is 455 g/mol. The van der Waals surface area contributed by atoms with Crippen molar-refractivity contribution in [2.24, 2.45) is 17.8 Å². The molecule has 2 aliphatic rings. The summed E-state index contributed by atoms with van der Waals surface area (Å²) >= 11 is 0. The highest BCUT2D eigenvalue weighted by molar-refractivity contribution is 5.45. The third-order valence-corrected chi connectivity index (χ3v) is 8.09. The topological polar surface area (TPSA) is 0 Å². The van der Waals surface area contributed by atoms with Crippen molar-refractivity contribution in [3.8, 4) is 11.8 Å². The van der Waals surface area contributed by atoms with Crippen LogP contribution >= 0.6 is 0 Å². The first kappa shape index (κ1) is 24.5. The van der Waals surface area contributed by atoms with Crippen LogP contribution in [0.15, 0.2) is 67.3 Å². The van der Waals surface area contributed by atoms with E-state index in [9.17, 15) is 4.39 Å². The number of hydrogen-bond donors (Lipinski definition) is 0. The predicted octanol–water partition coefficient (Wildman–Crippen LogP) is 9.00. The van der Waals surface area contributed by atoms with Crippen LogP contribution in [0.5, 0.6) is 0 Å². The SMILES string of the molecule is C=CCCc1ccc(C#Cc2ccc(C3CCC4CC(CC/C=C/C)CCC4C3)cc2)c(F)c1. The summed E-state index contributed by atoms with van der Waals surface area (Å²) in [5, 5.41) is 0. The molecule has 4 atom stereocenters. The first-order valence-electron chi connectivity index (χ1n) is 13.3. The van der Waals surface area contributed by atoms with Crippen molar-refractivity contribution >= 4 is 0 Å². The fraction of sp³-hybridized carbons (Fsp3) is 0.455. The number of allylic oxidation sites excluding steroid dienone is 3. The van der Waals surface area contributed by atoms with E-state index in [2.05, 4.69) is 61.8 Å². The number of benzene rings is 2. The average Bonchev–Trinajstić information content (AvgIpc) is 2.87. The van der Waals surface area contributed by atoms with Gasteiger partial charge in [0.2, 0.25) is 0 Å². The summed E-state index contributed by atoms with van der Waals surface area (Å²) in [6, 6.07) is 14.1. The van der Waals surface area contributed by atoms with Crippen LogP contribution in [-0.2, 0) is 6.42 Å². The normalized spacial score (nSPS) is 24.3. The lowest BCUT2D eigenvalue weighted by molar-refractivity contribution is 0.115. The molecule has 0 spiro atoms. The van der Waals surface area contributed by atoms with Gasteiger partial charge in [-0.3, -0.25) is 0 Å². The smallest absolute Gasteiger partial charge is 0.139 e. The molecule has 0 radical (unpaired) electrons. The molecule has 2 aromatic carbocycles. The summed E-state index contributed by atoms with van der Waals surface area (Å²) < 4.78 is 14.4. The van der Waals surface area contributed by atoms with Crippen LogP contribution in [0.25, 0.3) is 0 Å². The van der Waals surface area contributed by atoms with Gasteiger partial charge in [0.05, 0.1) is 5.56 Å². The Balaban J connectivity index is 1.32. The van der Waals surface area contributed by atoms with E-state index in [1.165, 1.54) is 56.9 Å². The highest BCUT2D eigenvalue weighted by atomic mass is 19.1. The van der Waals surface area contributed by atoms with Crippen molar-refractivity contribution in [2.45, 2.75) is 77.0 Å². The van der Waals surface area contributed by atoms with Crippen molar-refractivity contribution < 1.29 is 4.39 Å². The molecule has 0 nitrogen and oxygen atoms in total. The second-order valence-electron chi connectivity index (χ2n) is 10.4. The first-order chi connectivity index (χ1) is 16.7. The van der Waals surface area contributed by atoms with Crippen LogP contribution in [0, 0.1) is 35.4 Å². The molecule has 0 amide bonds. The quantitative estimate of drug-likeness (QED) is 0.289. The lowest BCUT2D eigenvalue weighted by Crippen LogP contribution is -2.30. The van der Waals surface area contributed by atoms with Gasteiger partial charge >= 0.3 is 0 Å². The van der Waals surface area contributed by atoms with Crippen molar-refractivity contribution in [3.63, 3.8) is 0 Å². The second kappa shape index (κ2) is 12.2. The summed E-state index contributed by atoms with van der Waals surface area (Å²) in [4.78, 5) is 0. The highest BCUT2D eigenvalue weighted by Crippen LogP contribution is 2.48. The molecule has 0 bridgehead atoms. The number of aryl methyl sites for hydroxylation is 1. The van der Waals surface area contributed by atoms with Gasteiger partial charge < -0.3 is 0 Å². The van der Waals surface area contributed by atoms with Crippen molar-refractivity contribution in [2.75, 3.05) is 0 Å². The number of hydrogen-bond acceptors (Lipinski definition) is 0. The minimum atomic E-state index is -0.237. The zero-order valence-electron chi connectivity index (χ0n) is 20.7. The van der Waals surface area contributed by atoms with E-state index in [1.807, 2.05) is 12.1 Å². The number of rotatable bonds is 7. The second-order valence-corrected chi connectivity index (χ2v) is 10.4. The Labute approximate surface area is 206 Å². The third kappa shape index (κ3) is 6.50. The molecule has 4 unspecified atom stereocenters. The maximum absolute atomic E-state index is 14.4. The first-order valence-corrected chi connectivity index (χ1v) is 13.3. The molecular formula is C33H39F. The van der Waals surface area contributed by atoms with Crippen LogP contribution in [-0.4, -0.2) is 0 Å². The number of halogens is 1. The molecule has 0 aliphatic heterocycles. The summed E-state index contributed by atoms with van der Waals surface area (Å²) in [6.45, 7) is 5.85. The van der Waals surface area contributed by atoms with Crippen LogP contribution in [0.3, 0.4) is 0 Å². The third-order valence-electron chi connectivity index (χ3n) is 8.09. The maximum atomic E-state index is 14.4. The van der Waals surface area contributed by atoms with Crippen molar-refractivity contribution in [3.05, 3.63) is 95.3 Å². The Morgan fingerprint density at radius 3 is 2.50 bits per heavy atom. The van der Waals surface area contributed by atoms with Gasteiger partial charge in [-0.15, -0.1) is 6.58 Å². The largest absolute Gasteiger partial charge is 0.206 e. The minimum Gasteiger partial charge on any atom is -0.206 e. The molecular weight excluding hydrogens is 415 g/mol. The summed E-state index contributed by atoms with van der Waals surface area (Å²) in [7, 11) is 0. The fourth-order valence-electron chi connectivity index (χ4n) is 6.11. The minimum absolute atomic E-state index is 0.237. The Hall–Kier alpha value is -2.59. The monoisotopic (exact) mass is 454 g/mol. The molecule has 4 rings (SSSR count). The van der Waals surface area contributed by atoms with Gasteiger partial charge in [0.1, 0.15) is 5.82 Å². The molecule has 2 aromatic rings. The molecule has 178 valence electrons. The van der Waals surface area contributed by atoms with Crippen LogP contribution in [0.4, 0.5) is 4.39 Å². The predicted molar refractivity (Wildman–Crippen MR) is 142 cm³/mol. The molecule has 34 heavy (non-hydrogen) atoms. The molecule has 0 heterocycles. The lowest BCUT2D eigenvalue weighted by Gasteiger charge is -2.42. The van der Waals surface area contributed by atoms with E-state index in [0.717, 1.165) is 41.7 Å². The Morgan fingerprint density at radius 1 is 0.941 bits per heavy atom. The Bertz CT molecular complexity index is 1030. The van der Waals surface area contributed by atoms with Gasteiger partial charge in [-0.25, -0.2) is 4.39 Å². The van der Waals surface area contributed by atoms with Crippen LogP contribution < -0.4 is 0 Å². The number of fused-ring (bicyclic) bond motifs is 1. The summed E-state index contributed by atoms with van der Waals surface area (Å²) in [6.07, 6.45) is 19.0. The lowest BCUT2D eigenvalue weighted by atomic mass is 9.63. The van der Waals surface area contributed by atoms with Gasteiger partial charge in [-0.05, 0) is 124 Å². The van der Waals surface area contributed by atoms with E-state index >= 15 is 0 Å². The molecule has 0 aromatic heterocycles. The van der Waals surface area contributed by atoms with Crippen molar-refractivity contribution in [1.82, 2.24) is 0 Å². The highest BCUT2D eigenvalue weighted by Gasteiger charge is 2.35. The van der Waals surface area contributed by atoms with Crippen LogP contribution in [0.2, 0.25) is 0 Å². The van der Waals surface area contributed by atoms with Gasteiger partial charge in [-0.1, -0.05) is 54.7 Å². The van der Waals surface area contributed by atoms with E-state index in [1.54, 1.807) is 12.1 Å². The van der Waals surface area contributed by atoms with Gasteiger partial charge in [-0.2, -0.15) is 0 Å². The van der Waals surface area contributed by atoms with Crippen molar-refractivity contribution in [1.29, 1.82) is 0 Å². The molecule has 1 heteroatoms. The molecule has 0 saturated heterocycles. The van der Waals surface area contributed by atoms with E-state index < -0.39 is 0 Å². The van der Waals surface area contributed by atoms with E-state index in [-0.39, 0.29) is 5.82 Å². The zero-order chi connectivity index (χ0) is 23.8. The molecule has 2 aliphatic carbocycles. The maximum Gasteiger partial charge on any atom is 0.139 e.